The first-order valence-electron chi connectivity index (χ1n) is 10.3. The molecule has 5 heteroatoms. The summed E-state index contributed by atoms with van der Waals surface area (Å²) in [5, 5.41) is 0. The molecule has 0 atom stereocenters. The van der Waals surface area contributed by atoms with Gasteiger partial charge in [-0.3, -0.25) is 9.69 Å². The minimum Gasteiger partial charge on any atom is -0.497 e. The Labute approximate surface area is 181 Å². The van der Waals surface area contributed by atoms with Crippen molar-refractivity contribution >= 4 is 11.6 Å². The monoisotopic (exact) mass is 409 g/mol. The van der Waals surface area contributed by atoms with E-state index in [-0.39, 0.29) is 5.91 Å². The first-order chi connectivity index (χ1) is 15.1. The molecule has 1 aliphatic heterocycles. The van der Waals surface area contributed by atoms with Gasteiger partial charge in [-0.1, -0.05) is 35.9 Å². The van der Waals surface area contributed by atoms with Gasteiger partial charge in [-0.05, 0) is 55.8 Å². The number of rotatable bonds is 3. The molecule has 1 aliphatic rings. The number of aryl methyl sites for hydroxylation is 2. The molecule has 31 heavy (non-hydrogen) atoms. The number of carbonyl (C=O) groups is 1. The van der Waals surface area contributed by atoms with Gasteiger partial charge in [-0.2, -0.15) is 0 Å². The first kappa shape index (κ1) is 19.1. The van der Waals surface area contributed by atoms with E-state index in [2.05, 4.69) is 10.6 Å². The van der Waals surface area contributed by atoms with Crippen LogP contribution in [0.15, 0.2) is 72.9 Å². The third-order valence-corrected chi connectivity index (χ3v) is 5.81. The first-order valence-corrected chi connectivity index (χ1v) is 10.3. The summed E-state index contributed by atoms with van der Waals surface area (Å²) in [6, 6.07) is 21.8. The number of methoxy groups -OCH3 is 1. The van der Waals surface area contributed by atoms with Gasteiger partial charge in [0.25, 0.3) is 5.91 Å². The van der Waals surface area contributed by atoms with Crippen LogP contribution in [0.5, 0.6) is 5.75 Å². The highest BCUT2D eigenvalue weighted by molar-refractivity contribution is 6.09. The zero-order chi connectivity index (χ0) is 21.5. The molecular weight excluding hydrogens is 386 g/mol. The van der Waals surface area contributed by atoms with E-state index in [0.717, 1.165) is 50.8 Å². The molecule has 0 spiro atoms. The molecule has 4 aromatic rings. The summed E-state index contributed by atoms with van der Waals surface area (Å²) in [5.41, 5.74) is 6.73. The van der Waals surface area contributed by atoms with Crippen LogP contribution in [0.1, 0.15) is 21.5 Å². The van der Waals surface area contributed by atoms with Crippen LogP contribution in [0.3, 0.4) is 0 Å². The number of carbonyl (C=O) groups excluding carboxylic acids is 1. The number of aromatic nitrogens is 2. The molecule has 0 saturated carbocycles. The number of benzene rings is 3. The summed E-state index contributed by atoms with van der Waals surface area (Å²) in [6.07, 6.45) is 1.89. The lowest BCUT2D eigenvalue weighted by atomic mass is 10.0. The van der Waals surface area contributed by atoms with Crippen LogP contribution < -0.4 is 9.64 Å². The van der Waals surface area contributed by atoms with Crippen LogP contribution >= 0.6 is 0 Å². The second-order valence-corrected chi connectivity index (χ2v) is 7.83. The van der Waals surface area contributed by atoms with Crippen LogP contribution in [-0.4, -0.2) is 22.6 Å². The van der Waals surface area contributed by atoms with Gasteiger partial charge >= 0.3 is 0 Å². The summed E-state index contributed by atoms with van der Waals surface area (Å²) in [4.78, 5) is 20.2. The molecule has 5 rings (SSSR count). The van der Waals surface area contributed by atoms with E-state index < -0.39 is 0 Å². The largest absolute Gasteiger partial charge is 0.497 e. The molecule has 1 aromatic heterocycles. The van der Waals surface area contributed by atoms with Crippen LogP contribution in [0.25, 0.3) is 22.6 Å². The van der Waals surface area contributed by atoms with Crippen molar-refractivity contribution in [1.29, 1.82) is 0 Å². The Morgan fingerprint density at radius 2 is 1.77 bits per heavy atom. The Balaban J connectivity index is 1.62. The van der Waals surface area contributed by atoms with Gasteiger partial charge in [0.15, 0.2) is 0 Å². The number of ether oxygens (including phenoxy) is 1. The molecule has 3 aromatic carbocycles. The molecule has 0 bridgehead atoms. The molecule has 5 nitrogen and oxygen atoms in total. The van der Waals surface area contributed by atoms with Crippen molar-refractivity contribution in [2.45, 2.75) is 20.5 Å². The van der Waals surface area contributed by atoms with Gasteiger partial charge in [-0.25, -0.2) is 4.98 Å². The Kier molecular flexibility index (Phi) is 4.59. The van der Waals surface area contributed by atoms with Crippen molar-refractivity contribution in [2.75, 3.05) is 12.0 Å². The molecule has 0 N–H and O–H groups in total. The van der Waals surface area contributed by atoms with Gasteiger partial charge in [-0.15, -0.1) is 0 Å². The molecule has 2 heterocycles. The summed E-state index contributed by atoms with van der Waals surface area (Å²) in [5.74, 6) is 1.61. The number of fused-ring (bicyclic) bond motifs is 3. The second kappa shape index (κ2) is 7.43. The molecular formula is C26H23N3O2. The van der Waals surface area contributed by atoms with Gasteiger partial charge in [0.05, 0.1) is 24.7 Å². The van der Waals surface area contributed by atoms with E-state index in [4.69, 9.17) is 9.72 Å². The predicted octanol–water partition coefficient (Wildman–Crippen LogP) is 5.46. The zero-order valence-electron chi connectivity index (χ0n) is 17.8. The van der Waals surface area contributed by atoms with E-state index in [0.29, 0.717) is 6.67 Å². The van der Waals surface area contributed by atoms with Crippen LogP contribution in [0, 0.1) is 13.8 Å². The smallest absolute Gasteiger partial charge is 0.260 e. The van der Waals surface area contributed by atoms with E-state index in [1.165, 1.54) is 0 Å². The fourth-order valence-electron chi connectivity index (χ4n) is 4.22. The predicted molar refractivity (Wildman–Crippen MR) is 122 cm³/mol. The number of para-hydroxylation sites is 1. The molecule has 0 unspecified atom stereocenters. The number of imidazole rings is 1. The standard InChI is InChI=1S/C26H23N3O2/c1-17-8-13-21(18(2)14-17)26(30)29-16-28-24(22-6-4-5-7-23(22)29)15-27-25(28)19-9-11-20(31-3)12-10-19/h4-15H,16H2,1-3H3. The normalized spacial score (nSPS) is 12.3. The fourth-order valence-corrected chi connectivity index (χ4v) is 4.22. The summed E-state index contributed by atoms with van der Waals surface area (Å²) < 4.78 is 7.39. The highest BCUT2D eigenvalue weighted by Gasteiger charge is 2.29. The molecule has 154 valence electrons. The molecule has 0 saturated heterocycles. The maximum Gasteiger partial charge on any atom is 0.260 e. The van der Waals surface area contributed by atoms with E-state index in [9.17, 15) is 4.79 Å². The van der Waals surface area contributed by atoms with Gasteiger partial charge < -0.3 is 9.30 Å². The van der Waals surface area contributed by atoms with Gasteiger partial charge in [0.2, 0.25) is 0 Å². The quantitative estimate of drug-likeness (QED) is 0.451. The Hall–Kier alpha value is -3.86. The number of amides is 1. The third-order valence-electron chi connectivity index (χ3n) is 5.81. The summed E-state index contributed by atoms with van der Waals surface area (Å²) in [6.45, 7) is 4.43. The highest BCUT2D eigenvalue weighted by atomic mass is 16.5. The SMILES string of the molecule is COc1ccc(-c2ncc3n2CN(C(=O)c2ccc(C)cc2C)c2ccccc2-3)cc1. The maximum absolute atomic E-state index is 13.6. The lowest BCUT2D eigenvalue weighted by Crippen LogP contribution is -2.36. The molecule has 0 aliphatic carbocycles. The fraction of sp³-hybridized carbons (Fsp3) is 0.154. The zero-order valence-corrected chi connectivity index (χ0v) is 17.8. The number of nitrogens with zero attached hydrogens (tertiary/aromatic N) is 3. The lowest BCUT2D eigenvalue weighted by molar-refractivity contribution is 0.0978. The van der Waals surface area contributed by atoms with Gasteiger partial charge in [0, 0.05) is 16.7 Å². The van der Waals surface area contributed by atoms with Gasteiger partial charge in [0.1, 0.15) is 18.2 Å². The van der Waals surface area contributed by atoms with E-state index in [1.807, 2.05) is 85.6 Å². The van der Waals surface area contributed by atoms with Crippen LogP contribution in [0.2, 0.25) is 0 Å². The lowest BCUT2D eigenvalue weighted by Gasteiger charge is -2.32. The number of hydrogen-bond donors (Lipinski definition) is 0. The Morgan fingerprint density at radius 1 is 1.00 bits per heavy atom. The highest BCUT2D eigenvalue weighted by Crippen LogP contribution is 2.39. The topological polar surface area (TPSA) is 47.4 Å². The number of hydrogen-bond acceptors (Lipinski definition) is 3. The van der Waals surface area contributed by atoms with Crippen molar-refractivity contribution in [3.8, 4) is 28.4 Å². The maximum atomic E-state index is 13.6. The Bertz CT molecular complexity index is 1290. The van der Waals surface area contributed by atoms with E-state index in [1.54, 1.807) is 7.11 Å². The molecule has 1 amide bonds. The van der Waals surface area contributed by atoms with E-state index >= 15 is 0 Å². The number of anilines is 1. The molecule has 0 fully saturated rings. The van der Waals surface area contributed by atoms with Crippen molar-refractivity contribution in [3.05, 3.63) is 89.6 Å². The average molecular weight is 409 g/mol. The van der Waals surface area contributed by atoms with Crippen LogP contribution in [-0.2, 0) is 6.67 Å². The second-order valence-electron chi connectivity index (χ2n) is 7.83. The van der Waals surface area contributed by atoms with Crippen molar-refractivity contribution in [1.82, 2.24) is 9.55 Å². The molecule has 0 radical (unpaired) electrons. The average Bonchev–Trinajstić information content (AvgIpc) is 3.22. The Morgan fingerprint density at radius 3 is 2.52 bits per heavy atom. The third kappa shape index (κ3) is 3.19. The van der Waals surface area contributed by atoms with Crippen molar-refractivity contribution < 1.29 is 9.53 Å². The summed E-state index contributed by atoms with van der Waals surface area (Å²) in [7, 11) is 1.65. The minimum atomic E-state index is -0.00928. The minimum absolute atomic E-state index is 0.00928. The van der Waals surface area contributed by atoms with Crippen molar-refractivity contribution in [3.63, 3.8) is 0 Å². The van der Waals surface area contributed by atoms with Crippen molar-refractivity contribution in [2.24, 2.45) is 0 Å². The van der Waals surface area contributed by atoms with Crippen LogP contribution in [0.4, 0.5) is 5.69 Å². The summed E-state index contributed by atoms with van der Waals surface area (Å²) >= 11 is 0.